The summed E-state index contributed by atoms with van der Waals surface area (Å²) in [6, 6.07) is 8.94. The third-order valence-corrected chi connectivity index (χ3v) is 7.16. The molecule has 40 heavy (non-hydrogen) atoms. The number of benzene rings is 2. The number of hydrogen-bond donors (Lipinski definition) is 0. The Morgan fingerprint density at radius 1 is 0.950 bits per heavy atom. The molecule has 0 saturated carbocycles. The highest BCUT2D eigenvalue weighted by molar-refractivity contribution is 5.95. The van der Waals surface area contributed by atoms with Gasteiger partial charge < -0.3 is 14.4 Å². The maximum atomic E-state index is 13.6. The first kappa shape index (κ1) is 34.1. The number of amides is 1. The van der Waals surface area contributed by atoms with Crippen molar-refractivity contribution >= 4 is 30.7 Å². The molecule has 224 valence electrons. The van der Waals surface area contributed by atoms with Crippen molar-refractivity contribution in [2.24, 2.45) is 0 Å². The third-order valence-electron chi connectivity index (χ3n) is 7.16. The van der Waals surface area contributed by atoms with E-state index in [2.05, 4.69) is 23.6 Å². The van der Waals surface area contributed by atoms with Crippen molar-refractivity contribution < 1.29 is 31.8 Å². The zero-order chi connectivity index (χ0) is 27.4. The number of nitrogens with zero attached hydrogens (tertiary/aromatic N) is 3. The Kier molecular flexibility index (Phi) is 12.5. The quantitative estimate of drug-likeness (QED) is 0.405. The minimum atomic E-state index is -4.61. The lowest BCUT2D eigenvalue weighted by molar-refractivity contribution is -0.137. The minimum absolute atomic E-state index is 0. The largest absolute Gasteiger partial charge is 0.497 e. The second-order valence-corrected chi connectivity index (χ2v) is 10.2. The number of ether oxygens (including phenoxy) is 2. The fourth-order valence-electron chi connectivity index (χ4n) is 5.38. The standard InChI is InChI=1S/C28H35F4N3O3.2ClH/c1-19-16-34(17-20(2)38-19)9-8-33-10-11-35(25(18-33)12-21-4-6-24(29)7-5-21)27(36)22-13-23(28(30,31)32)15-26(14-22)37-3;;/h4-7,13-15,19-20,25H,8-12,16-18H2,1-3H3;2*1H/t19-,20+,25-;;/m1../s1. The van der Waals surface area contributed by atoms with E-state index in [1.807, 2.05) is 0 Å². The molecule has 0 aliphatic carbocycles. The Morgan fingerprint density at radius 3 is 2.17 bits per heavy atom. The van der Waals surface area contributed by atoms with Gasteiger partial charge in [0.05, 0.1) is 24.9 Å². The lowest BCUT2D eigenvalue weighted by Gasteiger charge is -2.43. The van der Waals surface area contributed by atoms with Crippen LogP contribution in [-0.4, -0.2) is 91.8 Å². The van der Waals surface area contributed by atoms with Gasteiger partial charge in [-0.3, -0.25) is 14.6 Å². The number of alkyl halides is 3. The number of rotatable bonds is 7. The van der Waals surface area contributed by atoms with Crippen molar-refractivity contribution in [3.05, 3.63) is 65.0 Å². The molecule has 2 aliphatic rings. The monoisotopic (exact) mass is 609 g/mol. The Morgan fingerprint density at radius 2 is 1.57 bits per heavy atom. The Hall–Kier alpha value is -2.11. The van der Waals surface area contributed by atoms with E-state index in [1.54, 1.807) is 17.0 Å². The van der Waals surface area contributed by atoms with E-state index in [0.29, 0.717) is 26.1 Å². The highest BCUT2D eigenvalue weighted by atomic mass is 35.5. The first-order valence-corrected chi connectivity index (χ1v) is 12.9. The van der Waals surface area contributed by atoms with E-state index < -0.39 is 17.6 Å². The summed E-state index contributed by atoms with van der Waals surface area (Å²) in [6.07, 6.45) is -3.80. The van der Waals surface area contributed by atoms with Crippen LogP contribution in [0.2, 0.25) is 0 Å². The lowest BCUT2D eigenvalue weighted by atomic mass is 10.00. The summed E-state index contributed by atoms with van der Waals surface area (Å²) in [6.45, 7) is 9.06. The smallest absolute Gasteiger partial charge is 0.416 e. The molecule has 6 nitrogen and oxygen atoms in total. The topological polar surface area (TPSA) is 45.2 Å². The van der Waals surface area contributed by atoms with Gasteiger partial charge in [0.2, 0.25) is 0 Å². The van der Waals surface area contributed by atoms with Crippen molar-refractivity contribution in [2.75, 3.05) is 52.9 Å². The lowest BCUT2D eigenvalue weighted by Crippen LogP contribution is -2.57. The van der Waals surface area contributed by atoms with Crippen molar-refractivity contribution in [3.8, 4) is 5.75 Å². The SMILES string of the molecule is COc1cc(C(=O)N2CCN(CCN3C[C@@H](C)O[C@@H](C)C3)C[C@H]2Cc2ccc(F)cc2)cc(C(F)(F)F)c1.Cl.Cl. The average molecular weight is 611 g/mol. The number of piperazine rings is 1. The zero-order valence-corrected chi connectivity index (χ0v) is 24.5. The van der Waals surface area contributed by atoms with Crippen LogP contribution in [0, 0.1) is 5.82 Å². The number of carbonyl (C=O) groups is 1. The van der Waals surface area contributed by atoms with Gasteiger partial charge in [0.1, 0.15) is 11.6 Å². The second-order valence-electron chi connectivity index (χ2n) is 10.2. The number of morpholine rings is 1. The van der Waals surface area contributed by atoms with Gasteiger partial charge in [0.25, 0.3) is 5.91 Å². The molecule has 2 fully saturated rings. The van der Waals surface area contributed by atoms with Crippen LogP contribution in [0.1, 0.15) is 35.3 Å². The molecule has 0 aromatic heterocycles. The first-order chi connectivity index (χ1) is 18.0. The Bertz CT molecular complexity index is 1100. The third kappa shape index (κ3) is 8.94. The molecule has 0 spiro atoms. The summed E-state index contributed by atoms with van der Waals surface area (Å²) in [5.41, 5.74) is -0.137. The Balaban J connectivity index is 0.00000280. The normalized spacial score (nSPS) is 22.3. The van der Waals surface area contributed by atoms with Crippen molar-refractivity contribution in [1.29, 1.82) is 0 Å². The van der Waals surface area contributed by atoms with Crippen molar-refractivity contribution in [2.45, 2.75) is 44.7 Å². The summed E-state index contributed by atoms with van der Waals surface area (Å²) in [5.74, 6) is -0.847. The van der Waals surface area contributed by atoms with Crippen molar-refractivity contribution in [3.63, 3.8) is 0 Å². The van der Waals surface area contributed by atoms with Crippen LogP contribution < -0.4 is 4.74 Å². The second kappa shape index (κ2) is 14.7. The summed E-state index contributed by atoms with van der Waals surface area (Å²) < 4.78 is 64.9. The maximum Gasteiger partial charge on any atom is 0.416 e. The van der Waals surface area contributed by atoms with Crippen LogP contribution >= 0.6 is 24.8 Å². The van der Waals surface area contributed by atoms with Gasteiger partial charge in [-0.15, -0.1) is 24.8 Å². The highest BCUT2D eigenvalue weighted by Gasteiger charge is 2.35. The van der Waals surface area contributed by atoms with Crippen LogP contribution in [0.3, 0.4) is 0 Å². The van der Waals surface area contributed by atoms with E-state index in [1.165, 1.54) is 25.3 Å². The van der Waals surface area contributed by atoms with E-state index in [9.17, 15) is 22.4 Å². The fraction of sp³-hybridized carbons (Fsp3) is 0.536. The van der Waals surface area contributed by atoms with Crippen LogP contribution in [0.4, 0.5) is 17.6 Å². The van der Waals surface area contributed by atoms with Gasteiger partial charge in [-0.05, 0) is 56.2 Å². The summed E-state index contributed by atoms with van der Waals surface area (Å²) in [4.78, 5) is 19.9. The molecular formula is C28H37Cl2F4N3O3. The molecule has 2 aromatic carbocycles. The van der Waals surface area contributed by atoms with Gasteiger partial charge in [-0.25, -0.2) is 4.39 Å². The van der Waals surface area contributed by atoms with E-state index in [0.717, 1.165) is 43.9 Å². The summed E-state index contributed by atoms with van der Waals surface area (Å²) in [5, 5.41) is 0. The highest BCUT2D eigenvalue weighted by Crippen LogP contribution is 2.33. The molecule has 1 amide bonds. The molecule has 0 bridgehead atoms. The summed E-state index contributed by atoms with van der Waals surface area (Å²) in [7, 11) is 1.27. The van der Waals surface area contributed by atoms with Crippen LogP contribution in [-0.2, 0) is 17.3 Å². The maximum absolute atomic E-state index is 13.6. The van der Waals surface area contributed by atoms with Crippen LogP contribution in [0.15, 0.2) is 42.5 Å². The predicted octanol–water partition coefficient (Wildman–Crippen LogP) is 5.18. The van der Waals surface area contributed by atoms with Gasteiger partial charge in [-0.1, -0.05) is 12.1 Å². The van der Waals surface area contributed by atoms with Crippen LogP contribution in [0.25, 0.3) is 0 Å². The average Bonchev–Trinajstić information content (AvgIpc) is 2.87. The van der Waals surface area contributed by atoms with Gasteiger partial charge in [-0.2, -0.15) is 13.2 Å². The molecule has 0 unspecified atom stereocenters. The molecule has 0 radical (unpaired) electrons. The molecule has 4 rings (SSSR count). The first-order valence-electron chi connectivity index (χ1n) is 12.9. The van der Waals surface area contributed by atoms with E-state index in [-0.39, 0.29) is 60.2 Å². The summed E-state index contributed by atoms with van der Waals surface area (Å²) >= 11 is 0. The zero-order valence-electron chi connectivity index (χ0n) is 22.8. The molecule has 2 aliphatic heterocycles. The molecular weight excluding hydrogens is 573 g/mol. The predicted molar refractivity (Wildman–Crippen MR) is 150 cm³/mol. The van der Waals surface area contributed by atoms with Gasteiger partial charge in [0, 0.05) is 57.4 Å². The number of halogens is 6. The van der Waals surface area contributed by atoms with Gasteiger partial charge >= 0.3 is 6.18 Å². The van der Waals surface area contributed by atoms with Crippen LogP contribution in [0.5, 0.6) is 5.75 Å². The molecule has 0 N–H and O–H groups in total. The number of hydrogen-bond acceptors (Lipinski definition) is 5. The molecule has 2 aromatic rings. The minimum Gasteiger partial charge on any atom is -0.497 e. The molecule has 2 saturated heterocycles. The fourth-order valence-corrected chi connectivity index (χ4v) is 5.38. The van der Waals surface area contributed by atoms with Crippen molar-refractivity contribution in [1.82, 2.24) is 14.7 Å². The molecule has 2 heterocycles. The molecule has 3 atom stereocenters. The van der Waals surface area contributed by atoms with Gasteiger partial charge in [0.15, 0.2) is 0 Å². The molecule has 12 heteroatoms. The number of methoxy groups -OCH3 is 1. The number of carbonyl (C=O) groups excluding carboxylic acids is 1. The van der Waals surface area contributed by atoms with E-state index >= 15 is 0 Å². The Labute approximate surface area is 245 Å². The van der Waals surface area contributed by atoms with E-state index in [4.69, 9.17) is 9.47 Å².